The maximum absolute atomic E-state index is 10.2. The van der Waals surface area contributed by atoms with E-state index in [1.54, 1.807) is 16.9 Å². The molecular weight excluding hydrogens is 172 g/mol. The van der Waals surface area contributed by atoms with Gasteiger partial charge in [-0.2, -0.15) is 5.10 Å². The second-order valence-corrected chi connectivity index (χ2v) is 2.52. The predicted molar refractivity (Wildman–Crippen MR) is 46.8 cm³/mol. The number of primary amides is 1. The van der Waals surface area contributed by atoms with Crippen molar-refractivity contribution < 1.29 is 9.53 Å². The van der Waals surface area contributed by atoms with Crippen molar-refractivity contribution in [2.45, 2.75) is 13.0 Å². The Balaban J connectivity index is 2.16. The van der Waals surface area contributed by atoms with E-state index in [1.807, 2.05) is 0 Å². The molecule has 0 radical (unpaired) electrons. The fraction of sp³-hybridized carbons (Fsp3) is 0.429. The zero-order valence-electron chi connectivity index (χ0n) is 7.14. The highest BCUT2D eigenvalue weighted by atomic mass is 16.5. The summed E-state index contributed by atoms with van der Waals surface area (Å²) in [6, 6.07) is 1.70. The molecule has 13 heavy (non-hydrogen) atoms. The van der Waals surface area contributed by atoms with Gasteiger partial charge in [0.15, 0.2) is 0 Å². The van der Waals surface area contributed by atoms with Crippen LogP contribution < -0.4 is 11.5 Å². The van der Waals surface area contributed by atoms with Crippen LogP contribution in [0.1, 0.15) is 6.42 Å². The summed E-state index contributed by atoms with van der Waals surface area (Å²) >= 11 is 0. The molecule has 6 heteroatoms. The average molecular weight is 184 g/mol. The summed E-state index contributed by atoms with van der Waals surface area (Å²) in [5.41, 5.74) is 10.2. The van der Waals surface area contributed by atoms with E-state index >= 15 is 0 Å². The lowest BCUT2D eigenvalue weighted by Gasteiger charge is -2.01. The highest BCUT2D eigenvalue weighted by Gasteiger charge is 1.96. The molecular formula is C7H12N4O2. The Morgan fingerprint density at radius 3 is 3.00 bits per heavy atom. The van der Waals surface area contributed by atoms with Gasteiger partial charge in [0.2, 0.25) is 0 Å². The van der Waals surface area contributed by atoms with Gasteiger partial charge in [-0.15, -0.1) is 0 Å². The topological polar surface area (TPSA) is 96.2 Å². The van der Waals surface area contributed by atoms with Crippen LogP contribution in [0.5, 0.6) is 0 Å². The second-order valence-electron chi connectivity index (χ2n) is 2.52. The maximum atomic E-state index is 10.2. The molecule has 4 N–H and O–H groups in total. The molecule has 1 aromatic heterocycles. The minimum Gasteiger partial charge on any atom is -0.450 e. The number of carbonyl (C=O) groups excluding carboxylic acids is 1. The number of aromatic nitrogens is 2. The monoisotopic (exact) mass is 184 g/mol. The van der Waals surface area contributed by atoms with E-state index in [0.717, 1.165) is 0 Å². The van der Waals surface area contributed by atoms with Crippen LogP contribution in [0.25, 0.3) is 0 Å². The molecule has 0 aliphatic heterocycles. The van der Waals surface area contributed by atoms with Gasteiger partial charge in [-0.1, -0.05) is 0 Å². The van der Waals surface area contributed by atoms with Crippen molar-refractivity contribution in [3.05, 3.63) is 12.3 Å². The van der Waals surface area contributed by atoms with E-state index in [0.29, 0.717) is 25.4 Å². The van der Waals surface area contributed by atoms with Gasteiger partial charge in [0.05, 0.1) is 6.61 Å². The van der Waals surface area contributed by atoms with E-state index in [4.69, 9.17) is 11.5 Å². The van der Waals surface area contributed by atoms with Gasteiger partial charge in [0.1, 0.15) is 5.82 Å². The Bertz CT molecular complexity index is 284. The number of hydrogen-bond acceptors (Lipinski definition) is 4. The van der Waals surface area contributed by atoms with Gasteiger partial charge < -0.3 is 16.2 Å². The van der Waals surface area contributed by atoms with Crippen LogP contribution in [0.2, 0.25) is 0 Å². The maximum Gasteiger partial charge on any atom is 0.404 e. The number of amides is 1. The summed E-state index contributed by atoms with van der Waals surface area (Å²) in [5, 5.41) is 3.95. The first-order valence-electron chi connectivity index (χ1n) is 3.89. The van der Waals surface area contributed by atoms with Crippen LogP contribution in [-0.2, 0) is 11.3 Å². The van der Waals surface area contributed by atoms with Crippen LogP contribution in [-0.4, -0.2) is 22.5 Å². The second kappa shape index (κ2) is 4.34. The van der Waals surface area contributed by atoms with Crippen molar-refractivity contribution >= 4 is 11.9 Å². The third kappa shape index (κ3) is 3.46. The number of ether oxygens (including phenoxy) is 1. The number of hydrogen-bond donors (Lipinski definition) is 2. The molecule has 1 rings (SSSR count). The number of nitrogens with two attached hydrogens (primary N) is 2. The van der Waals surface area contributed by atoms with Gasteiger partial charge in [0, 0.05) is 19.2 Å². The molecule has 0 saturated heterocycles. The minimum atomic E-state index is -0.750. The minimum absolute atomic E-state index is 0.301. The fourth-order valence-corrected chi connectivity index (χ4v) is 0.901. The SMILES string of the molecule is NC(=O)OCCCn1ccc(N)n1. The highest BCUT2D eigenvalue weighted by Crippen LogP contribution is 1.97. The Labute approximate surface area is 75.5 Å². The first kappa shape index (κ1) is 9.37. The molecule has 72 valence electrons. The van der Waals surface area contributed by atoms with Crippen molar-refractivity contribution in [3.63, 3.8) is 0 Å². The van der Waals surface area contributed by atoms with E-state index < -0.39 is 6.09 Å². The van der Waals surface area contributed by atoms with Crippen molar-refractivity contribution in [2.24, 2.45) is 5.73 Å². The lowest BCUT2D eigenvalue weighted by molar-refractivity contribution is 0.153. The number of carbonyl (C=O) groups is 1. The zero-order valence-corrected chi connectivity index (χ0v) is 7.14. The fourth-order valence-electron chi connectivity index (χ4n) is 0.901. The van der Waals surface area contributed by atoms with Crippen molar-refractivity contribution in [3.8, 4) is 0 Å². The Morgan fingerprint density at radius 2 is 2.46 bits per heavy atom. The lowest BCUT2D eigenvalue weighted by atomic mass is 10.4. The van der Waals surface area contributed by atoms with Gasteiger partial charge in [-0.05, 0) is 6.07 Å². The first-order chi connectivity index (χ1) is 6.18. The Hall–Kier alpha value is -1.72. The van der Waals surface area contributed by atoms with Gasteiger partial charge >= 0.3 is 6.09 Å². The third-order valence-electron chi connectivity index (χ3n) is 1.44. The van der Waals surface area contributed by atoms with E-state index in [1.165, 1.54) is 0 Å². The normalized spacial score (nSPS) is 9.85. The molecule has 0 aliphatic rings. The molecule has 6 nitrogen and oxygen atoms in total. The van der Waals surface area contributed by atoms with E-state index in [-0.39, 0.29) is 0 Å². The number of nitrogen functional groups attached to an aromatic ring is 1. The summed E-state index contributed by atoms with van der Waals surface area (Å²) in [4.78, 5) is 10.2. The molecule has 1 heterocycles. The van der Waals surface area contributed by atoms with Crippen LogP contribution in [0, 0.1) is 0 Å². The molecule has 1 aromatic rings. The standard InChI is InChI=1S/C7H12N4O2/c8-6-2-4-11(10-6)3-1-5-13-7(9)12/h2,4H,1,3,5H2,(H2,8,10)(H2,9,12). The Morgan fingerprint density at radius 1 is 1.69 bits per heavy atom. The van der Waals surface area contributed by atoms with Gasteiger partial charge in [-0.3, -0.25) is 4.68 Å². The molecule has 0 atom stereocenters. The smallest absolute Gasteiger partial charge is 0.404 e. The summed E-state index contributed by atoms with van der Waals surface area (Å²) in [6.45, 7) is 0.958. The summed E-state index contributed by atoms with van der Waals surface area (Å²) < 4.78 is 6.22. The van der Waals surface area contributed by atoms with Crippen LogP contribution in [0.4, 0.5) is 10.6 Å². The predicted octanol–water partition coefficient (Wildman–Crippen LogP) is -0.0493. The molecule has 0 bridgehead atoms. The van der Waals surface area contributed by atoms with Crippen molar-refractivity contribution in [1.82, 2.24) is 9.78 Å². The largest absolute Gasteiger partial charge is 0.450 e. The number of rotatable bonds is 4. The average Bonchev–Trinajstić information content (AvgIpc) is 2.45. The molecule has 0 saturated carbocycles. The van der Waals surface area contributed by atoms with Crippen molar-refractivity contribution in [2.75, 3.05) is 12.3 Å². The first-order valence-corrected chi connectivity index (χ1v) is 3.89. The zero-order chi connectivity index (χ0) is 9.68. The Kier molecular flexibility index (Phi) is 3.13. The summed E-state index contributed by atoms with van der Waals surface area (Å²) in [6.07, 6.45) is 1.68. The summed E-state index contributed by atoms with van der Waals surface area (Å²) in [5.74, 6) is 0.482. The van der Waals surface area contributed by atoms with Crippen LogP contribution in [0.15, 0.2) is 12.3 Å². The van der Waals surface area contributed by atoms with Crippen LogP contribution in [0.3, 0.4) is 0 Å². The lowest BCUT2D eigenvalue weighted by Crippen LogP contribution is -2.14. The van der Waals surface area contributed by atoms with E-state index in [9.17, 15) is 4.79 Å². The number of anilines is 1. The van der Waals surface area contributed by atoms with E-state index in [2.05, 4.69) is 9.84 Å². The van der Waals surface area contributed by atoms with Crippen molar-refractivity contribution in [1.29, 1.82) is 0 Å². The highest BCUT2D eigenvalue weighted by molar-refractivity contribution is 5.64. The third-order valence-corrected chi connectivity index (χ3v) is 1.44. The number of aryl methyl sites for hydroxylation is 1. The molecule has 0 aliphatic carbocycles. The summed E-state index contributed by atoms with van der Waals surface area (Å²) in [7, 11) is 0. The van der Waals surface area contributed by atoms with Crippen LogP contribution >= 0.6 is 0 Å². The number of nitrogens with zero attached hydrogens (tertiary/aromatic N) is 2. The van der Waals surface area contributed by atoms with Gasteiger partial charge in [0.25, 0.3) is 0 Å². The van der Waals surface area contributed by atoms with Gasteiger partial charge in [-0.25, -0.2) is 4.79 Å². The molecule has 0 aromatic carbocycles. The molecule has 0 spiro atoms. The molecule has 0 unspecified atom stereocenters. The quantitative estimate of drug-likeness (QED) is 0.641. The molecule has 0 fully saturated rings. The molecule has 1 amide bonds.